The van der Waals surface area contributed by atoms with E-state index in [1.165, 1.54) is 7.11 Å². The van der Waals surface area contributed by atoms with Crippen LogP contribution in [-0.4, -0.2) is 22.6 Å². The normalized spacial score (nSPS) is 11.4. The Hall–Kier alpha value is -2.59. The van der Waals surface area contributed by atoms with E-state index in [1.807, 2.05) is 41.9 Å². The fourth-order valence-electron chi connectivity index (χ4n) is 3.03. The standard InChI is InChI=1S/C18H13ClN2O2/c1-21-14-6-4-3-5-11(14)16(19)15-12-9-10(18(22)23-2)7-8-13(12)20-17(15)21/h3-9H,1-2H3. The van der Waals surface area contributed by atoms with E-state index in [-0.39, 0.29) is 5.97 Å². The maximum absolute atomic E-state index is 11.8. The minimum absolute atomic E-state index is 0.373. The molecule has 2 heterocycles. The Bertz CT molecular complexity index is 1050. The predicted molar refractivity (Wildman–Crippen MR) is 91.2 cm³/mol. The monoisotopic (exact) mass is 324 g/mol. The Morgan fingerprint density at radius 1 is 1.17 bits per heavy atom. The second-order valence-electron chi connectivity index (χ2n) is 5.42. The molecule has 0 spiro atoms. The van der Waals surface area contributed by atoms with Crippen LogP contribution in [0, 0.1) is 0 Å². The van der Waals surface area contributed by atoms with Gasteiger partial charge < -0.3 is 9.30 Å². The largest absolute Gasteiger partial charge is 0.465 e. The molecule has 0 bridgehead atoms. The van der Waals surface area contributed by atoms with Gasteiger partial charge in [0.15, 0.2) is 0 Å². The lowest BCUT2D eigenvalue weighted by Gasteiger charge is -2.13. The number of para-hydroxylation sites is 1. The lowest BCUT2D eigenvalue weighted by atomic mass is 10.1. The molecule has 2 aliphatic rings. The molecule has 0 saturated carbocycles. The van der Waals surface area contributed by atoms with Crippen molar-refractivity contribution in [2.75, 3.05) is 7.11 Å². The number of hydrogen-bond acceptors (Lipinski definition) is 3. The van der Waals surface area contributed by atoms with Crippen LogP contribution < -0.4 is 0 Å². The molecule has 5 heteroatoms. The zero-order chi connectivity index (χ0) is 16.1. The predicted octanol–water partition coefficient (Wildman–Crippen LogP) is 4.27. The lowest BCUT2D eigenvalue weighted by Crippen LogP contribution is -2.01. The Morgan fingerprint density at radius 2 is 1.96 bits per heavy atom. The van der Waals surface area contributed by atoms with E-state index in [0.29, 0.717) is 10.6 Å². The number of carbonyl (C=O) groups is 1. The molecule has 0 aromatic heterocycles. The zero-order valence-corrected chi connectivity index (χ0v) is 13.4. The van der Waals surface area contributed by atoms with Crippen LogP contribution in [0.15, 0.2) is 42.5 Å². The van der Waals surface area contributed by atoms with E-state index in [4.69, 9.17) is 16.3 Å². The molecular formula is C18H13ClN2O2. The van der Waals surface area contributed by atoms with Crippen molar-refractivity contribution in [1.29, 1.82) is 0 Å². The molecule has 23 heavy (non-hydrogen) atoms. The molecule has 0 N–H and O–H groups in total. The van der Waals surface area contributed by atoms with Crippen LogP contribution in [-0.2, 0) is 11.8 Å². The maximum Gasteiger partial charge on any atom is 0.337 e. The summed E-state index contributed by atoms with van der Waals surface area (Å²) in [5.74, 6) is 0.424. The number of hydrogen-bond donors (Lipinski definition) is 0. The molecule has 2 aromatic rings. The smallest absolute Gasteiger partial charge is 0.337 e. The first-order valence-corrected chi connectivity index (χ1v) is 7.54. The number of aryl methyl sites for hydroxylation is 1. The highest BCUT2D eigenvalue weighted by molar-refractivity contribution is 6.39. The second kappa shape index (κ2) is 4.96. The molecule has 0 unspecified atom stereocenters. The van der Waals surface area contributed by atoms with Crippen LogP contribution in [0.5, 0.6) is 0 Å². The van der Waals surface area contributed by atoms with Gasteiger partial charge in [-0.3, -0.25) is 0 Å². The van der Waals surface area contributed by atoms with Gasteiger partial charge in [-0.05, 0) is 24.3 Å². The molecule has 0 aliphatic carbocycles. The lowest BCUT2D eigenvalue weighted by molar-refractivity contribution is 0.0601. The van der Waals surface area contributed by atoms with Gasteiger partial charge in [-0.15, -0.1) is 0 Å². The van der Waals surface area contributed by atoms with E-state index in [9.17, 15) is 4.79 Å². The topological polar surface area (TPSA) is 44.1 Å². The average Bonchev–Trinajstić information content (AvgIpc) is 2.98. The fraction of sp³-hybridized carbons (Fsp3) is 0.111. The summed E-state index contributed by atoms with van der Waals surface area (Å²) in [7, 11) is 3.34. The van der Waals surface area contributed by atoms with Crippen LogP contribution in [0.2, 0.25) is 5.02 Å². The number of esters is 1. The number of pyridine rings is 1. The van der Waals surface area contributed by atoms with Crippen molar-refractivity contribution in [3.05, 3.63) is 53.1 Å². The van der Waals surface area contributed by atoms with Crippen molar-refractivity contribution in [2.45, 2.75) is 0 Å². The Labute approximate surface area is 137 Å². The first kappa shape index (κ1) is 14.0. The van der Waals surface area contributed by atoms with Gasteiger partial charge in [-0.25, -0.2) is 9.78 Å². The number of benzene rings is 2. The minimum atomic E-state index is -0.373. The summed E-state index contributed by atoms with van der Waals surface area (Å²) >= 11 is 6.66. The van der Waals surface area contributed by atoms with Crippen molar-refractivity contribution in [1.82, 2.24) is 9.55 Å². The molecule has 0 fully saturated rings. The van der Waals surface area contributed by atoms with Gasteiger partial charge in [-0.1, -0.05) is 29.8 Å². The summed E-state index contributed by atoms with van der Waals surface area (Å²) in [4.78, 5) is 16.5. The summed E-state index contributed by atoms with van der Waals surface area (Å²) in [6.07, 6.45) is 0. The van der Waals surface area contributed by atoms with Crippen molar-refractivity contribution < 1.29 is 9.53 Å². The number of nitrogens with zero attached hydrogens (tertiary/aromatic N) is 2. The third kappa shape index (κ3) is 1.92. The van der Waals surface area contributed by atoms with Gasteiger partial charge >= 0.3 is 5.97 Å². The molecular weight excluding hydrogens is 312 g/mol. The van der Waals surface area contributed by atoms with Crippen molar-refractivity contribution >= 4 is 39.4 Å². The Morgan fingerprint density at radius 3 is 2.74 bits per heavy atom. The first-order chi connectivity index (χ1) is 11.1. The minimum Gasteiger partial charge on any atom is -0.465 e. The molecule has 114 valence electrons. The van der Waals surface area contributed by atoms with E-state index in [0.717, 1.165) is 33.2 Å². The molecule has 2 aromatic carbocycles. The molecule has 2 aliphatic heterocycles. The van der Waals surface area contributed by atoms with Crippen LogP contribution in [0.1, 0.15) is 10.4 Å². The molecule has 4 rings (SSSR count). The molecule has 0 radical (unpaired) electrons. The van der Waals surface area contributed by atoms with E-state index >= 15 is 0 Å². The number of halogens is 1. The maximum atomic E-state index is 11.8. The van der Waals surface area contributed by atoms with Crippen LogP contribution >= 0.6 is 11.6 Å². The quantitative estimate of drug-likeness (QED) is 0.491. The van der Waals surface area contributed by atoms with Crippen LogP contribution in [0.25, 0.3) is 33.2 Å². The average molecular weight is 325 g/mol. The van der Waals surface area contributed by atoms with Gasteiger partial charge in [-0.2, -0.15) is 0 Å². The van der Waals surface area contributed by atoms with Gasteiger partial charge in [0.2, 0.25) is 0 Å². The van der Waals surface area contributed by atoms with Crippen molar-refractivity contribution in [2.24, 2.45) is 7.05 Å². The van der Waals surface area contributed by atoms with Gasteiger partial charge in [0.1, 0.15) is 5.82 Å². The number of aromatic nitrogens is 2. The number of rotatable bonds is 1. The molecule has 0 atom stereocenters. The number of fused-ring (bicyclic) bond motifs is 4. The molecule has 0 saturated heterocycles. The highest BCUT2D eigenvalue weighted by Gasteiger charge is 2.22. The fourth-order valence-corrected chi connectivity index (χ4v) is 3.37. The summed E-state index contributed by atoms with van der Waals surface area (Å²) in [5.41, 5.74) is 3.16. The molecule has 0 amide bonds. The Balaban J connectivity index is 2.17. The van der Waals surface area contributed by atoms with Crippen molar-refractivity contribution in [3.63, 3.8) is 0 Å². The Kier molecular flexibility index (Phi) is 3.03. The van der Waals surface area contributed by atoms with Crippen molar-refractivity contribution in [3.8, 4) is 11.4 Å². The number of methoxy groups -OCH3 is 1. The number of carbonyl (C=O) groups excluding carboxylic acids is 1. The van der Waals surface area contributed by atoms with Gasteiger partial charge in [0.05, 0.1) is 28.7 Å². The SMILES string of the molecule is COC(=O)c1ccc2nc3n(C)c4ccccc4c(Cl)c-3c2c1. The third-order valence-corrected chi connectivity index (χ3v) is 4.57. The van der Waals surface area contributed by atoms with Gasteiger partial charge in [0.25, 0.3) is 0 Å². The summed E-state index contributed by atoms with van der Waals surface area (Å²) in [6, 6.07) is 13.3. The highest BCUT2D eigenvalue weighted by Crippen LogP contribution is 2.41. The molecule has 4 nitrogen and oxygen atoms in total. The summed E-state index contributed by atoms with van der Waals surface area (Å²) in [6.45, 7) is 0. The number of ether oxygens (including phenoxy) is 1. The van der Waals surface area contributed by atoms with Crippen LogP contribution in [0.3, 0.4) is 0 Å². The summed E-state index contributed by atoms with van der Waals surface area (Å²) < 4.78 is 6.82. The van der Waals surface area contributed by atoms with Gasteiger partial charge in [0, 0.05) is 23.4 Å². The summed E-state index contributed by atoms with van der Waals surface area (Å²) in [5, 5.41) is 2.47. The zero-order valence-electron chi connectivity index (χ0n) is 12.6. The highest BCUT2D eigenvalue weighted by atomic mass is 35.5. The van der Waals surface area contributed by atoms with E-state index in [1.54, 1.807) is 12.1 Å². The van der Waals surface area contributed by atoms with Crippen LogP contribution in [0.4, 0.5) is 0 Å². The van der Waals surface area contributed by atoms with E-state index < -0.39 is 0 Å². The first-order valence-electron chi connectivity index (χ1n) is 7.16. The van der Waals surface area contributed by atoms with E-state index in [2.05, 4.69) is 4.98 Å². The second-order valence-corrected chi connectivity index (χ2v) is 5.80. The third-order valence-electron chi connectivity index (χ3n) is 4.18.